The number of fused-ring (bicyclic) bond motifs is 1. The zero-order chi connectivity index (χ0) is 23.5. The first kappa shape index (κ1) is 22.8. The predicted molar refractivity (Wildman–Crippen MR) is 129 cm³/mol. The Kier molecular flexibility index (Phi) is 6.65. The highest BCUT2D eigenvalue weighted by Gasteiger charge is 2.34. The SMILES string of the molecule is CCSc1c(-c2ccccc2)c(=O)n(CCCCN2C(=O)c3ccccc3C2=O)c(=O)n1C. The van der Waals surface area contributed by atoms with Crippen molar-refractivity contribution in [3.63, 3.8) is 0 Å². The van der Waals surface area contributed by atoms with Crippen LogP contribution in [0.1, 0.15) is 40.5 Å². The lowest BCUT2D eigenvalue weighted by atomic mass is 10.1. The summed E-state index contributed by atoms with van der Waals surface area (Å²) in [6.45, 7) is 2.44. The molecule has 1 aliphatic heterocycles. The van der Waals surface area contributed by atoms with E-state index in [-0.39, 0.29) is 36.2 Å². The van der Waals surface area contributed by atoms with Gasteiger partial charge in [-0.1, -0.05) is 49.4 Å². The summed E-state index contributed by atoms with van der Waals surface area (Å²) in [4.78, 5) is 52.6. The number of imide groups is 1. The third-order valence-corrected chi connectivity index (χ3v) is 6.77. The summed E-state index contributed by atoms with van der Waals surface area (Å²) in [5.41, 5.74) is 1.45. The molecule has 4 rings (SSSR count). The minimum absolute atomic E-state index is 0.214. The molecule has 3 aromatic rings. The van der Waals surface area contributed by atoms with Crippen molar-refractivity contribution in [3.05, 3.63) is 86.6 Å². The standard InChI is InChI=1S/C25H25N3O4S/c1-3-33-24-20(17-11-5-4-6-12-17)23(31)28(25(32)26(24)2)16-10-9-15-27-21(29)18-13-7-8-14-19(18)22(27)30/h4-8,11-14H,3,9-10,15-16H2,1-2H3. The maximum Gasteiger partial charge on any atom is 0.331 e. The van der Waals surface area contributed by atoms with Gasteiger partial charge in [0.05, 0.1) is 21.7 Å². The van der Waals surface area contributed by atoms with Crippen LogP contribution in [-0.2, 0) is 13.6 Å². The molecule has 33 heavy (non-hydrogen) atoms. The van der Waals surface area contributed by atoms with Crippen molar-refractivity contribution in [1.29, 1.82) is 0 Å². The molecule has 0 N–H and O–H groups in total. The van der Waals surface area contributed by atoms with Gasteiger partial charge in [0.2, 0.25) is 0 Å². The van der Waals surface area contributed by atoms with Crippen molar-refractivity contribution >= 4 is 23.6 Å². The molecule has 0 saturated heterocycles. The van der Waals surface area contributed by atoms with Crippen LogP contribution in [-0.4, -0.2) is 38.1 Å². The van der Waals surface area contributed by atoms with Gasteiger partial charge in [0.15, 0.2) is 0 Å². The topological polar surface area (TPSA) is 81.4 Å². The van der Waals surface area contributed by atoms with E-state index in [1.165, 1.54) is 25.8 Å². The maximum atomic E-state index is 13.4. The molecule has 0 saturated carbocycles. The van der Waals surface area contributed by atoms with Crippen LogP contribution in [0.4, 0.5) is 0 Å². The largest absolute Gasteiger partial charge is 0.331 e. The third kappa shape index (κ3) is 4.18. The number of hydrogen-bond acceptors (Lipinski definition) is 5. The molecule has 0 fully saturated rings. The maximum absolute atomic E-state index is 13.4. The van der Waals surface area contributed by atoms with E-state index < -0.39 is 0 Å². The molecule has 1 aromatic heterocycles. The van der Waals surface area contributed by atoms with E-state index in [2.05, 4.69) is 0 Å². The highest BCUT2D eigenvalue weighted by Crippen LogP contribution is 2.27. The smallest absolute Gasteiger partial charge is 0.290 e. The number of rotatable bonds is 8. The summed E-state index contributed by atoms with van der Waals surface area (Å²) in [7, 11) is 1.68. The van der Waals surface area contributed by atoms with Crippen LogP contribution in [0.3, 0.4) is 0 Å². The van der Waals surface area contributed by atoms with Gasteiger partial charge in [-0.2, -0.15) is 0 Å². The highest BCUT2D eigenvalue weighted by atomic mass is 32.2. The van der Waals surface area contributed by atoms with Crippen LogP contribution in [0.5, 0.6) is 0 Å². The van der Waals surface area contributed by atoms with Gasteiger partial charge in [0.25, 0.3) is 17.4 Å². The average Bonchev–Trinajstić information content (AvgIpc) is 3.07. The number of benzene rings is 2. The molecule has 0 radical (unpaired) electrons. The van der Waals surface area contributed by atoms with Crippen molar-refractivity contribution in [1.82, 2.24) is 14.0 Å². The van der Waals surface area contributed by atoms with Gasteiger partial charge in [-0.15, -0.1) is 11.8 Å². The normalized spacial score (nSPS) is 13.0. The Hall–Kier alpha value is -3.39. The molecule has 2 heterocycles. The van der Waals surface area contributed by atoms with Crippen molar-refractivity contribution in [2.45, 2.75) is 31.3 Å². The van der Waals surface area contributed by atoms with Crippen LogP contribution in [0.25, 0.3) is 11.1 Å². The summed E-state index contributed by atoms with van der Waals surface area (Å²) < 4.78 is 2.78. The number of amides is 2. The van der Waals surface area contributed by atoms with Gasteiger partial charge in [-0.05, 0) is 36.3 Å². The fourth-order valence-corrected chi connectivity index (χ4v) is 4.98. The van der Waals surface area contributed by atoms with Gasteiger partial charge < -0.3 is 0 Å². The highest BCUT2D eigenvalue weighted by molar-refractivity contribution is 7.99. The quantitative estimate of drug-likeness (QED) is 0.221. The zero-order valence-corrected chi connectivity index (χ0v) is 19.4. The second-order valence-corrected chi connectivity index (χ2v) is 9.04. The molecule has 1 aliphatic rings. The lowest BCUT2D eigenvalue weighted by Gasteiger charge is -2.17. The molecule has 8 heteroatoms. The van der Waals surface area contributed by atoms with Crippen LogP contribution < -0.4 is 11.2 Å². The predicted octanol–water partition coefficient (Wildman–Crippen LogP) is 3.40. The van der Waals surface area contributed by atoms with E-state index in [4.69, 9.17) is 0 Å². The average molecular weight is 464 g/mol. The van der Waals surface area contributed by atoms with Gasteiger partial charge in [-0.25, -0.2) is 4.79 Å². The molecule has 0 bridgehead atoms. The molecule has 170 valence electrons. The van der Waals surface area contributed by atoms with Crippen LogP contribution in [0.2, 0.25) is 0 Å². The van der Waals surface area contributed by atoms with Gasteiger partial charge in [0, 0.05) is 20.1 Å². The van der Waals surface area contributed by atoms with E-state index in [9.17, 15) is 19.2 Å². The molecule has 0 aliphatic carbocycles. The summed E-state index contributed by atoms with van der Waals surface area (Å²) in [6, 6.07) is 16.1. The summed E-state index contributed by atoms with van der Waals surface area (Å²) >= 11 is 1.47. The van der Waals surface area contributed by atoms with Crippen molar-refractivity contribution in [2.75, 3.05) is 12.3 Å². The van der Waals surface area contributed by atoms with Gasteiger partial charge in [-0.3, -0.25) is 28.4 Å². The molecular weight excluding hydrogens is 438 g/mol. The van der Waals surface area contributed by atoms with E-state index in [1.54, 1.807) is 31.3 Å². The minimum atomic E-state index is -0.364. The molecular formula is C25H25N3O4S. The molecule has 7 nitrogen and oxygen atoms in total. The second-order valence-electron chi connectivity index (χ2n) is 7.79. The Morgan fingerprint density at radius 3 is 1.97 bits per heavy atom. The number of carbonyl (C=O) groups excluding carboxylic acids is 2. The fraction of sp³-hybridized carbons (Fsp3) is 0.280. The number of thioether (sulfide) groups is 1. The lowest BCUT2D eigenvalue weighted by Crippen LogP contribution is -2.41. The molecule has 2 aromatic carbocycles. The fourth-order valence-electron chi connectivity index (χ4n) is 4.09. The number of unbranched alkanes of at least 4 members (excludes halogenated alkanes) is 1. The molecule has 0 atom stereocenters. The van der Waals surface area contributed by atoms with Gasteiger partial charge >= 0.3 is 5.69 Å². The third-order valence-electron chi connectivity index (χ3n) is 5.73. The first-order valence-corrected chi connectivity index (χ1v) is 11.9. The summed E-state index contributed by atoms with van der Waals surface area (Å²) in [6.07, 6.45) is 0.976. The van der Waals surface area contributed by atoms with Crippen LogP contribution in [0.15, 0.2) is 69.2 Å². The molecule has 0 unspecified atom stereocenters. The van der Waals surface area contributed by atoms with Crippen LogP contribution >= 0.6 is 11.8 Å². The molecule has 0 spiro atoms. The van der Waals surface area contributed by atoms with E-state index >= 15 is 0 Å². The summed E-state index contributed by atoms with van der Waals surface area (Å²) in [5.74, 6) is 0.142. The van der Waals surface area contributed by atoms with Crippen LogP contribution in [0, 0.1) is 0 Å². The van der Waals surface area contributed by atoms with E-state index in [1.807, 2.05) is 37.3 Å². The Labute approximate surface area is 195 Å². The first-order chi connectivity index (χ1) is 16.0. The lowest BCUT2D eigenvalue weighted by molar-refractivity contribution is 0.0651. The van der Waals surface area contributed by atoms with E-state index in [0.717, 1.165) is 11.3 Å². The second kappa shape index (κ2) is 9.62. The van der Waals surface area contributed by atoms with Crippen molar-refractivity contribution in [2.24, 2.45) is 7.05 Å². The Balaban J connectivity index is 1.54. The number of nitrogens with zero attached hydrogens (tertiary/aromatic N) is 3. The Bertz CT molecular complexity index is 1290. The zero-order valence-electron chi connectivity index (χ0n) is 18.6. The summed E-state index contributed by atoms with van der Waals surface area (Å²) in [5, 5.41) is 0.654. The van der Waals surface area contributed by atoms with Crippen molar-refractivity contribution in [3.8, 4) is 11.1 Å². The number of aromatic nitrogens is 2. The van der Waals surface area contributed by atoms with Gasteiger partial charge in [0.1, 0.15) is 0 Å². The first-order valence-electron chi connectivity index (χ1n) is 10.9. The minimum Gasteiger partial charge on any atom is -0.290 e. The Morgan fingerprint density at radius 2 is 1.36 bits per heavy atom. The molecule has 2 amide bonds. The Morgan fingerprint density at radius 1 is 0.788 bits per heavy atom. The van der Waals surface area contributed by atoms with Crippen molar-refractivity contribution < 1.29 is 9.59 Å². The van der Waals surface area contributed by atoms with E-state index in [0.29, 0.717) is 34.6 Å². The monoisotopic (exact) mass is 463 g/mol. The number of hydrogen-bond donors (Lipinski definition) is 0. The number of carbonyl (C=O) groups is 2.